The minimum atomic E-state index is -0.665. The third kappa shape index (κ3) is 12.0. The largest absolute Gasteiger partial charge is 0.507 e. The van der Waals surface area contributed by atoms with E-state index >= 15 is 0 Å². The van der Waals surface area contributed by atoms with Crippen molar-refractivity contribution in [1.82, 2.24) is 5.32 Å². The standard InChI is InChI=1S/C26H35NO5.C2H6/c1-31-26(30)23-19-22(14-15-24(23)28)25(29)20-27-16-8-2-3-9-17-32-18-10-7-13-21-11-5-4-6-12-21;1-2/h4-6,11-12,14-15,19,27-28H,2-3,7-10,13,16-18,20H2,1H3;1-2H3. The lowest BCUT2D eigenvalue weighted by atomic mass is 10.1. The van der Waals surface area contributed by atoms with Crippen molar-refractivity contribution in [3.8, 4) is 5.75 Å². The Morgan fingerprint density at radius 2 is 1.56 bits per heavy atom. The number of esters is 1. The lowest BCUT2D eigenvalue weighted by molar-refractivity contribution is 0.0597. The zero-order chi connectivity index (χ0) is 25.0. The zero-order valence-corrected chi connectivity index (χ0v) is 21.0. The maximum absolute atomic E-state index is 12.3. The fourth-order valence-electron chi connectivity index (χ4n) is 3.37. The minimum Gasteiger partial charge on any atom is -0.507 e. The quantitative estimate of drug-likeness (QED) is 0.189. The van der Waals surface area contributed by atoms with Crippen LogP contribution in [-0.2, 0) is 15.9 Å². The Hall–Kier alpha value is -2.70. The van der Waals surface area contributed by atoms with Crippen LogP contribution in [0.1, 0.15) is 78.7 Å². The van der Waals surface area contributed by atoms with E-state index < -0.39 is 5.97 Å². The Morgan fingerprint density at radius 3 is 2.26 bits per heavy atom. The summed E-state index contributed by atoms with van der Waals surface area (Å²) in [6.45, 7) is 6.58. The van der Waals surface area contributed by atoms with E-state index in [0.717, 1.165) is 64.7 Å². The topological polar surface area (TPSA) is 84.9 Å². The van der Waals surface area contributed by atoms with Crippen molar-refractivity contribution in [3.05, 3.63) is 65.2 Å². The number of aryl methyl sites for hydroxylation is 1. The molecule has 34 heavy (non-hydrogen) atoms. The maximum atomic E-state index is 12.3. The summed E-state index contributed by atoms with van der Waals surface area (Å²) in [5.41, 5.74) is 1.75. The van der Waals surface area contributed by atoms with Gasteiger partial charge in [0.1, 0.15) is 11.3 Å². The number of hydrogen-bond donors (Lipinski definition) is 2. The number of ether oxygens (including phenoxy) is 2. The molecule has 6 heteroatoms. The highest BCUT2D eigenvalue weighted by molar-refractivity contribution is 6.01. The number of carbonyl (C=O) groups excluding carboxylic acids is 2. The van der Waals surface area contributed by atoms with Gasteiger partial charge >= 0.3 is 5.97 Å². The highest BCUT2D eigenvalue weighted by atomic mass is 16.5. The highest BCUT2D eigenvalue weighted by Gasteiger charge is 2.15. The molecular weight excluding hydrogens is 430 g/mol. The average molecular weight is 472 g/mol. The normalized spacial score (nSPS) is 10.3. The van der Waals surface area contributed by atoms with Gasteiger partial charge in [0.2, 0.25) is 0 Å². The van der Waals surface area contributed by atoms with E-state index in [0.29, 0.717) is 5.56 Å². The summed E-state index contributed by atoms with van der Waals surface area (Å²) in [7, 11) is 1.23. The lowest BCUT2D eigenvalue weighted by Gasteiger charge is -2.07. The van der Waals surface area contributed by atoms with Gasteiger partial charge in [-0.25, -0.2) is 4.79 Å². The third-order valence-electron chi connectivity index (χ3n) is 5.25. The predicted molar refractivity (Wildman–Crippen MR) is 137 cm³/mol. The number of carbonyl (C=O) groups is 2. The molecule has 0 saturated heterocycles. The van der Waals surface area contributed by atoms with Crippen molar-refractivity contribution in [2.45, 2.75) is 58.8 Å². The molecule has 0 saturated carbocycles. The van der Waals surface area contributed by atoms with Gasteiger partial charge in [0.15, 0.2) is 5.78 Å². The number of Topliss-reactive ketones (excluding diaryl/α,β-unsaturated/α-hetero) is 1. The molecule has 2 aromatic rings. The summed E-state index contributed by atoms with van der Waals surface area (Å²) in [5, 5.41) is 12.9. The van der Waals surface area contributed by atoms with Crippen molar-refractivity contribution in [3.63, 3.8) is 0 Å². The molecule has 0 aliphatic carbocycles. The van der Waals surface area contributed by atoms with Gasteiger partial charge in [-0.05, 0) is 62.4 Å². The van der Waals surface area contributed by atoms with Crippen LogP contribution in [0.15, 0.2) is 48.5 Å². The van der Waals surface area contributed by atoms with Crippen LogP contribution >= 0.6 is 0 Å². The molecule has 0 unspecified atom stereocenters. The van der Waals surface area contributed by atoms with E-state index in [1.54, 1.807) is 0 Å². The highest BCUT2D eigenvalue weighted by Crippen LogP contribution is 2.19. The summed E-state index contributed by atoms with van der Waals surface area (Å²) >= 11 is 0. The first-order valence-corrected chi connectivity index (χ1v) is 12.4. The number of phenolic OH excluding ortho intramolecular Hbond substituents is 1. The SMILES string of the molecule is CC.COC(=O)c1cc(C(=O)CNCCCCCCOCCCCc2ccccc2)ccc1O. The maximum Gasteiger partial charge on any atom is 0.341 e. The van der Waals surface area contributed by atoms with Crippen LogP contribution in [0.5, 0.6) is 5.75 Å². The number of methoxy groups -OCH3 is 1. The van der Waals surface area contributed by atoms with Gasteiger partial charge in [0, 0.05) is 18.8 Å². The lowest BCUT2D eigenvalue weighted by Crippen LogP contribution is -2.24. The van der Waals surface area contributed by atoms with Crippen molar-refractivity contribution >= 4 is 11.8 Å². The second-order valence-electron chi connectivity index (χ2n) is 7.79. The number of ketones is 1. The molecule has 0 amide bonds. The Labute approximate surface area is 204 Å². The molecule has 2 rings (SSSR count). The molecule has 0 radical (unpaired) electrons. The number of rotatable bonds is 16. The van der Waals surface area contributed by atoms with Gasteiger partial charge in [-0.2, -0.15) is 0 Å². The number of phenols is 1. The van der Waals surface area contributed by atoms with Crippen LogP contribution in [0, 0.1) is 0 Å². The monoisotopic (exact) mass is 471 g/mol. The van der Waals surface area contributed by atoms with Crippen molar-refractivity contribution in [1.29, 1.82) is 0 Å². The second kappa shape index (κ2) is 18.7. The van der Waals surface area contributed by atoms with Crippen LogP contribution in [0.25, 0.3) is 0 Å². The van der Waals surface area contributed by atoms with Crippen molar-refractivity contribution in [2.75, 3.05) is 33.4 Å². The molecule has 2 aromatic carbocycles. The molecule has 188 valence electrons. The van der Waals surface area contributed by atoms with E-state index in [1.807, 2.05) is 19.9 Å². The third-order valence-corrected chi connectivity index (χ3v) is 5.25. The van der Waals surface area contributed by atoms with Gasteiger partial charge in [-0.3, -0.25) is 4.79 Å². The molecule has 0 aromatic heterocycles. The van der Waals surface area contributed by atoms with Crippen LogP contribution in [0.3, 0.4) is 0 Å². The molecule has 0 spiro atoms. The Bertz CT molecular complexity index is 823. The molecule has 0 bridgehead atoms. The zero-order valence-electron chi connectivity index (χ0n) is 21.0. The Morgan fingerprint density at radius 1 is 0.882 bits per heavy atom. The average Bonchev–Trinajstić information content (AvgIpc) is 2.88. The molecule has 2 N–H and O–H groups in total. The fourth-order valence-corrected chi connectivity index (χ4v) is 3.37. The number of nitrogens with one attached hydrogen (secondary N) is 1. The van der Waals surface area contributed by atoms with E-state index in [-0.39, 0.29) is 23.6 Å². The van der Waals surface area contributed by atoms with E-state index in [1.165, 1.54) is 30.9 Å². The first-order valence-electron chi connectivity index (χ1n) is 12.4. The molecule has 0 atom stereocenters. The number of aromatic hydroxyl groups is 1. The molecule has 6 nitrogen and oxygen atoms in total. The first kappa shape index (κ1) is 29.3. The van der Waals surface area contributed by atoms with Gasteiger partial charge in [0.05, 0.1) is 13.7 Å². The second-order valence-corrected chi connectivity index (χ2v) is 7.79. The number of hydrogen-bond acceptors (Lipinski definition) is 6. The van der Waals surface area contributed by atoms with Crippen LogP contribution in [0.4, 0.5) is 0 Å². The Balaban J connectivity index is 0.00000281. The summed E-state index contributed by atoms with van der Waals surface area (Å²) in [6, 6.07) is 14.8. The number of unbranched alkanes of at least 4 members (excludes halogenated alkanes) is 4. The molecule has 0 aliphatic rings. The minimum absolute atomic E-state index is 0.00300. The van der Waals surface area contributed by atoms with Gasteiger partial charge in [0.25, 0.3) is 0 Å². The smallest absolute Gasteiger partial charge is 0.341 e. The summed E-state index contributed by atoms with van der Waals surface area (Å²) < 4.78 is 10.3. The van der Waals surface area contributed by atoms with Gasteiger partial charge < -0.3 is 19.9 Å². The van der Waals surface area contributed by atoms with Crippen LogP contribution in [0.2, 0.25) is 0 Å². The molecule has 0 heterocycles. The fraction of sp³-hybridized carbons (Fsp3) is 0.500. The van der Waals surface area contributed by atoms with Crippen molar-refractivity contribution in [2.24, 2.45) is 0 Å². The predicted octanol–water partition coefficient (Wildman–Crippen LogP) is 5.58. The van der Waals surface area contributed by atoms with E-state index in [9.17, 15) is 14.7 Å². The van der Waals surface area contributed by atoms with Crippen LogP contribution < -0.4 is 5.32 Å². The summed E-state index contributed by atoms with van der Waals surface area (Å²) in [4.78, 5) is 23.9. The summed E-state index contributed by atoms with van der Waals surface area (Å²) in [5.74, 6) is -0.991. The van der Waals surface area contributed by atoms with Crippen LogP contribution in [-0.4, -0.2) is 50.3 Å². The number of benzene rings is 2. The van der Waals surface area contributed by atoms with E-state index in [4.69, 9.17) is 4.74 Å². The molecule has 0 fully saturated rings. The van der Waals surface area contributed by atoms with E-state index in [2.05, 4.69) is 34.3 Å². The van der Waals surface area contributed by atoms with Gasteiger partial charge in [-0.1, -0.05) is 57.0 Å². The van der Waals surface area contributed by atoms with Crippen molar-refractivity contribution < 1.29 is 24.2 Å². The summed E-state index contributed by atoms with van der Waals surface area (Å²) in [6.07, 6.45) is 7.61. The Kier molecular flexibility index (Phi) is 16.1. The first-order chi connectivity index (χ1) is 16.6. The van der Waals surface area contributed by atoms with Gasteiger partial charge in [-0.15, -0.1) is 0 Å². The molecular formula is C28H41NO5. The molecule has 0 aliphatic heterocycles.